The molecule has 0 radical (unpaired) electrons. The van der Waals surface area contributed by atoms with Gasteiger partial charge in [0.1, 0.15) is 5.75 Å². The standard InChI is InChI=1S/C12H18N2O6S/c1-9(15)6-7-13(2)21(18,19)12-5-4-10(20-3)8-11(12)14(16)17/h4-5,8-9,15H,6-7H2,1-3H3/t9-/m0/s1. The maximum absolute atomic E-state index is 12.4. The van der Waals surface area contributed by atoms with Gasteiger partial charge in [0.15, 0.2) is 4.90 Å². The lowest BCUT2D eigenvalue weighted by atomic mass is 10.3. The number of hydrogen-bond acceptors (Lipinski definition) is 6. The molecule has 0 fully saturated rings. The lowest BCUT2D eigenvalue weighted by molar-refractivity contribution is -0.387. The number of ether oxygens (including phenoxy) is 1. The molecule has 1 N–H and O–H groups in total. The zero-order chi connectivity index (χ0) is 16.2. The first-order valence-corrected chi connectivity index (χ1v) is 7.61. The third kappa shape index (κ3) is 4.13. The van der Waals surface area contributed by atoms with Gasteiger partial charge in [-0.05, 0) is 25.5 Å². The lowest BCUT2D eigenvalue weighted by Gasteiger charge is -2.18. The quantitative estimate of drug-likeness (QED) is 0.593. The predicted octanol–water partition coefficient (Wildman–Crippen LogP) is 0.995. The number of methoxy groups -OCH3 is 1. The molecule has 0 aliphatic rings. The van der Waals surface area contributed by atoms with Crippen molar-refractivity contribution >= 4 is 15.7 Å². The van der Waals surface area contributed by atoms with E-state index < -0.39 is 31.6 Å². The Labute approximate surface area is 123 Å². The average Bonchev–Trinajstić information content (AvgIpc) is 2.43. The Morgan fingerprint density at radius 1 is 1.48 bits per heavy atom. The van der Waals surface area contributed by atoms with Gasteiger partial charge in [0.25, 0.3) is 5.69 Å². The van der Waals surface area contributed by atoms with Crippen LogP contribution in [0.3, 0.4) is 0 Å². The van der Waals surface area contributed by atoms with Gasteiger partial charge in [0, 0.05) is 13.6 Å². The van der Waals surface area contributed by atoms with Crippen molar-refractivity contribution in [2.24, 2.45) is 0 Å². The summed E-state index contributed by atoms with van der Waals surface area (Å²) < 4.78 is 30.6. The van der Waals surface area contributed by atoms with E-state index in [1.807, 2.05) is 0 Å². The van der Waals surface area contributed by atoms with E-state index in [0.29, 0.717) is 0 Å². The van der Waals surface area contributed by atoms with Crippen LogP contribution in [0.15, 0.2) is 23.1 Å². The van der Waals surface area contributed by atoms with Crippen LogP contribution in [0.4, 0.5) is 5.69 Å². The number of aliphatic hydroxyl groups excluding tert-OH is 1. The Morgan fingerprint density at radius 2 is 2.10 bits per heavy atom. The summed E-state index contributed by atoms with van der Waals surface area (Å²) in [5, 5.41) is 20.3. The summed E-state index contributed by atoms with van der Waals surface area (Å²) in [5.74, 6) is 0.201. The van der Waals surface area contributed by atoms with Crippen molar-refractivity contribution < 1.29 is 23.2 Å². The first-order valence-electron chi connectivity index (χ1n) is 6.17. The Hall–Kier alpha value is -1.71. The molecular weight excluding hydrogens is 300 g/mol. The topological polar surface area (TPSA) is 110 Å². The molecule has 0 saturated carbocycles. The van der Waals surface area contributed by atoms with Crippen LogP contribution in [0.5, 0.6) is 5.75 Å². The second-order valence-corrected chi connectivity index (χ2v) is 6.57. The molecule has 0 unspecified atom stereocenters. The number of benzene rings is 1. The van der Waals surface area contributed by atoms with Gasteiger partial charge < -0.3 is 9.84 Å². The Morgan fingerprint density at radius 3 is 2.57 bits per heavy atom. The van der Waals surface area contributed by atoms with Crippen molar-refractivity contribution in [2.75, 3.05) is 20.7 Å². The number of nitro groups is 1. The van der Waals surface area contributed by atoms with Crippen LogP contribution in [0.2, 0.25) is 0 Å². The number of aliphatic hydroxyl groups is 1. The van der Waals surface area contributed by atoms with Crippen LogP contribution in [0.25, 0.3) is 0 Å². The molecule has 1 atom stereocenters. The zero-order valence-corrected chi connectivity index (χ0v) is 12.8. The summed E-state index contributed by atoms with van der Waals surface area (Å²) in [6.07, 6.45) is -0.423. The smallest absolute Gasteiger partial charge is 0.293 e. The van der Waals surface area contributed by atoms with Crippen molar-refractivity contribution in [3.05, 3.63) is 28.3 Å². The van der Waals surface area contributed by atoms with Crippen LogP contribution < -0.4 is 4.74 Å². The molecule has 1 rings (SSSR count). The Bertz CT molecular complexity index is 614. The highest BCUT2D eigenvalue weighted by molar-refractivity contribution is 7.89. The fraction of sp³-hybridized carbons (Fsp3) is 0.500. The van der Waals surface area contributed by atoms with E-state index in [-0.39, 0.29) is 18.7 Å². The van der Waals surface area contributed by atoms with E-state index in [1.54, 1.807) is 0 Å². The van der Waals surface area contributed by atoms with Gasteiger partial charge in [-0.25, -0.2) is 12.7 Å². The van der Waals surface area contributed by atoms with E-state index in [0.717, 1.165) is 16.4 Å². The molecule has 0 aromatic heterocycles. The highest BCUT2D eigenvalue weighted by Crippen LogP contribution is 2.30. The number of nitrogens with zero attached hydrogens (tertiary/aromatic N) is 2. The second-order valence-electron chi connectivity index (χ2n) is 4.56. The van der Waals surface area contributed by atoms with Crippen LogP contribution in [0.1, 0.15) is 13.3 Å². The van der Waals surface area contributed by atoms with Gasteiger partial charge in [0.2, 0.25) is 10.0 Å². The number of hydrogen-bond donors (Lipinski definition) is 1. The van der Waals surface area contributed by atoms with Gasteiger partial charge >= 0.3 is 0 Å². The maximum Gasteiger partial charge on any atom is 0.293 e. The summed E-state index contributed by atoms with van der Waals surface area (Å²) >= 11 is 0. The number of sulfonamides is 1. The van der Waals surface area contributed by atoms with Crippen LogP contribution in [-0.2, 0) is 10.0 Å². The summed E-state index contributed by atoms with van der Waals surface area (Å²) in [6.45, 7) is 1.60. The predicted molar refractivity (Wildman–Crippen MR) is 75.8 cm³/mol. The van der Waals surface area contributed by atoms with Crippen molar-refractivity contribution in [1.82, 2.24) is 4.31 Å². The average molecular weight is 318 g/mol. The minimum Gasteiger partial charge on any atom is -0.497 e. The minimum atomic E-state index is -4.01. The zero-order valence-electron chi connectivity index (χ0n) is 12.0. The third-order valence-electron chi connectivity index (χ3n) is 2.91. The molecule has 0 amide bonds. The molecule has 8 nitrogen and oxygen atoms in total. The van der Waals surface area contributed by atoms with Crippen molar-refractivity contribution in [1.29, 1.82) is 0 Å². The Kier molecular flexibility index (Phi) is 5.64. The SMILES string of the molecule is COc1ccc(S(=O)(=O)N(C)CC[C@H](C)O)c([N+](=O)[O-])c1. The van der Waals surface area contributed by atoms with Gasteiger partial charge in [0.05, 0.1) is 24.2 Å². The molecular formula is C12H18N2O6S. The van der Waals surface area contributed by atoms with Crippen LogP contribution in [0, 0.1) is 10.1 Å². The molecule has 0 bridgehead atoms. The molecule has 0 heterocycles. The minimum absolute atomic E-state index is 0.0587. The van der Waals surface area contributed by atoms with E-state index in [4.69, 9.17) is 4.74 Å². The number of rotatable bonds is 7. The molecule has 118 valence electrons. The van der Waals surface area contributed by atoms with Gasteiger partial charge in [-0.3, -0.25) is 10.1 Å². The summed E-state index contributed by atoms with van der Waals surface area (Å²) in [4.78, 5) is 9.88. The molecule has 0 saturated heterocycles. The van der Waals surface area contributed by atoms with E-state index >= 15 is 0 Å². The summed E-state index contributed by atoms with van der Waals surface area (Å²) in [5.41, 5.74) is -0.543. The second kappa shape index (κ2) is 6.83. The molecule has 1 aromatic rings. The highest BCUT2D eigenvalue weighted by atomic mass is 32.2. The largest absolute Gasteiger partial charge is 0.497 e. The summed E-state index contributed by atoms with van der Waals surface area (Å²) in [6, 6.07) is 3.56. The molecule has 21 heavy (non-hydrogen) atoms. The van der Waals surface area contributed by atoms with E-state index in [9.17, 15) is 23.6 Å². The molecule has 0 aliphatic carbocycles. The van der Waals surface area contributed by atoms with Crippen molar-refractivity contribution in [3.63, 3.8) is 0 Å². The van der Waals surface area contributed by atoms with E-state index in [1.165, 1.54) is 27.1 Å². The fourth-order valence-electron chi connectivity index (χ4n) is 1.64. The van der Waals surface area contributed by atoms with Gasteiger partial charge in [-0.2, -0.15) is 0 Å². The molecule has 0 spiro atoms. The highest BCUT2D eigenvalue weighted by Gasteiger charge is 2.30. The molecule has 1 aromatic carbocycles. The molecule has 9 heteroatoms. The monoisotopic (exact) mass is 318 g/mol. The van der Waals surface area contributed by atoms with Crippen LogP contribution >= 0.6 is 0 Å². The fourth-order valence-corrected chi connectivity index (χ4v) is 2.96. The summed E-state index contributed by atoms with van der Waals surface area (Å²) in [7, 11) is -1.36. The third-order valence-corrected chi connectivity index (χ3v) is 4.82. The van der Waals surface area contributed by atoms with E-state index in [2.05, 4.69) is 0 Å². The van der Waals surface area contributed by atoms with Crippen molar-refractivity contribution in [3.8, 4) is 5.75 Å². The van der Waals surface area contributed by atoms with Gasteiger partial charge in [-0.1, -0.05) is 0 Å². The first kappa shape index (κ1) is 17.3. The Balaban J connectivity index is 3.21. The molecule has 0 aliphatic heterocycles. The van der Waals surface area contributed by atoms with Gasteiger partial charge in [-0.15, -0.1) is 0 Å². The van der Waals surface area contributed by atoms with Crippen molar-refractivity contribution in [2.45, 2.75) is 24.3 Å². The number of nitro benzene ring substituents is 1. The first-order chi connectivity index (χ1) is 9.70. The lowest BCUT2D eigenvalue weighted by Crippen LogP contribution is -2.30. The maximum atomic E-state index is 12.4. The normalized spacial score (nSPS) is 13.2. The van der Waals surface area contributed by atoms with Crippen LogP contribution in [-0.4, -0.2) is 49.6 Å².